The quantitative estimate of drug-likeness (QED) is 0.469. The Morgan fingerprint density at radius 2 is 1.69 bits per heavy atom. The molecule has 7 rings (SSSR count). The van der Waals surface area contributed by atoms with Crippen molar-refractivity contribution in [1.29, 1.82) is 0 Å². The van der Waals surface area contributed by atoms with Gasteiger partial charge in [-0.05, 0) is 74.3 Å². The zero-order valence-electron chi connectivity index (χ0n) is 23.0. The van der Waals surface area contributed by atoms with E-state index in [2.05, 4.69) is 69.2 Å². The molecule has 0 amide bonds. The van der Waals surface area contributed by atoms with Crippen LogP contribution >= 0.6 is 0 Å². The van der Waals surface area contributed by atoms with Gasteiger partial charge >= 0.3 is 0 Å². The van der Waals surface area contributed by atoms with Crippen molar-refractivity contribution in [3.8, 4) is 11.3 Å². The highest BCUT2D eigenvalue weighted by molar-refractivity contribution is 5.84. The molecule has 0 aliphatic carbocycles. The monoisotopic (exact) mass is 525 g/mol. The van der Waals surface area contributed by atoms with E-state index >= 15 is 0 Å². The molecular weight excluding hydrogens is 486 g/mol. The second kappa shape index (κ2) is 11.9. The Kier molecular flexibility index (Phi) is 8.00. The van der Waals surface area contributed by atoms with Crippen LogP contribution in [0.4, 0.5) is 5.69 Å². The van der Waals surface area contributed by atoms with Gasteiger partial charge in [0.15, 0.2) is 0 Å². The minimum atomic E-state index is 0.0314. The summed E-state index contributed by atoms with van der Waals surface area (Å²) in [6.07, 6.45) is 6.15. The van der Waals surface area contributed by atoms with E-state index in [1.165, 1.54) is 22.4 Å². The summed E-state index contributed by atoms with van der Waals surface area (Å²) in [5.74, 6) is 1.22. The number of ether oxygens (including phenoxy) is 1. The minimum Gasteiger partial charge on any atom is -0.378 e. The summed E-state index contributed by atoms with van der Waals surface area (Å²) in [5.41, 5.74) is 7.02. The van der Waals surface area contributed by atoms with Crippen LogP contribution in [0.1, 0.15) is 48.2 Å². The van der Waals surface area contributed by atoms with Gasteiger partial charge in [-0.3, -0.25) is 9.69 Å². The van der Waals surface area contributed by atoms with Gasteiger partial charge in [-0.1, -0.05) is 30.3 Å². The number of benzene rings is 2. The fourth-order valence-corrected chi connectivity index (χ4v) is 6.24. The molecule has 0 spiro atoms. The van der Waals surface area contributed by atoms with Gasteiger partial charge in [0, 0.05) is 56.5 Å². The molecule has 6 bridgehead atoms. The van der Waals surface area contributed by atoms with E-state index in [0.29, 0.717) is 18.6 Å². The summed E-state index contributed by atoms with van der Waals surface area (Å²) >= 11 is 0. The SMILES string of the molecule is CN1CCCC(=O)[C@@H]2CCCN2Cc2cc(cc(N3CCOCC3)c2)Cc2nccc(n2)-c2ccc(cc2)C1. The summed E-state index contributed by atoms with van der Waals surface area (Å²) in [6, 6.07) is 17.6. The predicted molar refractivity (Wildman–Crippen MR) is 154 cm³/mol. The average molecular weight is 526 g/mol. The molecule has 0 unspecified atom stereocenters. The Hall–Kier alpha value is -3.13. The Morgan fingerprint density at radius 1 is 0.872 bits per heavy atom. The van der Waals surface area contributed by atoms with Gasteiger partial charge in [0.25, 0.3) is 0 Å². The first-order chi connectivity index (χ1) is 19.1. The highest BCUT2D eigenvalue weighted by Crippen LogP contribution is 2.27. The second-order valence-electron chi connectivity index (χ2n) is 11.3. The number of anilines is 1. The van der Waals surface area contributed by atoms with Crippen LogP contribution in [0.25, 0.3) is 11.3 Å². The third-order valence-corrected chi connectivity index (χ3v) is 8.27. The van der Waals surface area contributed by atoms with Crippen molar-refractivity contribution in [3.63, 3.8) is 0 Å². The maximum Gasteiger partial charge on any atom is 0.150 e. The number of rotatable bonds is 1. The summed E-state index contributed by atoms with van der Waals surface area (Å²) < 4.78 is 5.62. The van der Waals surface area contributed by atoms with Crippen molar-refractivity contribution in [1.82, 2.24) is 19.8 Å². The van der Waals surface area contributed by atoms with Crippen LogP contribution in [0.5, 0.6) is 0 Å². The lowest BCUT2D eigenvalue weighted by molar-refractivity contribution is -0.123. The van der Waals surface area contributed by atoms with E-state index in [-0.39, 0.29) is 6.04 Å². The number of aromatic nitrogens is 2. The van der Waals surface area contributed by atoms with Gasteiger partial charge in [0.2, 0.25) is 0 Å². The second-order valence-corrected chi connectivity index (χ2v) is 11.3. The van der Waals surface area contributed by atoms with Crippen LogP contribution in [0.3, 0.4) is 0 Å². The highest BCUT2D eigenvalue weighted by atomic mass is 16.5. The topological polar surface area (TPSA) is 61.8 Å². The minimum absolute atomic E-state index is 0.0314. The number of nitrogens with zero attached hydrogens (tertiary/aromatic N) is 5. The molecular formula is C32H39N5O2. The number of carbonyl (C=O) groups is 1. The summed E-state index contributed by atoms with van der Waals surface area (Å²) in [5, 5.41) is 0. The lowest BCUT2D eigenvalue weighted by Crippen LogP contribution is -2.37. The zero-order valence-corrected chi connectivity index (χ0v) is 23.0. The third kappa shape index (κ3) is 6.38. The number of Topliss-reactive ketones (excluding diaryl/α,β-unsaturated/α-hetero) is 1. The first-order valence-electron chi connectivity index (χ1n) is 14.4. The molecule has 7 nitrogen and oxygen atoms in total. The first-order valence-corrected chi connectivity index (χ1v) is 14.4. The van der Waals surface area contributed by atoms with Crippen molar-refractivity contribution >= 4 is 11.5 Å². The average Bonchev–Trinajstić information content (AvgIpc) is 3.41. The maximum absolute atomic E-state index is 13.3. The van der Waals surface area contributed by atoms with Crippen LogP contribution in [0, 0.1) is 0 Å². The summed E-state index contributed by atoms with van der Waals surface area (Å²) in [6.45, 7) is 6.86. The van der Waals surface area contributed by atoms with Gasteiger partial charge in [0.05, 0.1) is 24.9 Å². The number of ketones is 1. The molecule has 3 aromatic rings. The van der Waals surface area contributed by atoms with Crippen molar-refractivity contribution in [3.05, 3.63) is 77.2 Å². The van der Waals surface area contributed by atoms with Gasteiger partial charge in [-0.15, -0.1) is 0 Å². The zero-order chi connectivity index (χ0) is 26.6. The van der Waals surface area contributed by atoms with E-state index in [9.17, 15) is 4.79 Å². The lowest BCUT2D eigenvalue weighted by atomic mass is 10.0. The van der Waals surface area contributed by atoms with E-state index in [1.807, 2.05) is 12.3 Å². The van der Waals surface area contributed by atoms with E-state index in [4.69, 9.17) is 9.72 Å². The normalized spacial score (nSPS) is 21.6. The molecule has 1 atom stereocenters. The van der Waals surface area contributed by atoms with E-state index < -0.39 is 0 Å². The van der Waals surface area contributed by atoms with Crippen LogP contribution < -0.4 is 4.90 Å². The molecule has 4 aliphatic heterocycles. The van der Waals surface area contributed by atoms with E-state index in [1.54, 1.807) is 0 Å². The summed E-state index contributed by atoms with van der Waals surface area (Å²) in [4.78, 5) is 30.0. The molecule has 2 saturated heterocycles. The summed E-state index contributed by atoms with van der Waals surface area (Å²) in [7, 11) is 2.14. The Bertz CT molecular complexity index is 1290. The van der Waals surface area contributed by atoms with Crippen molar-refractivity contribution < 1.29 is 9.53 Å². The first kappa shape index (κ1) is 26.1. The van der Waals surface area contributed by atoms with Crippen LogP contribution in [-0.2, 0) is 29.0 Å². The standard InChI is InChI=1S/C32H39N5O2/c1-35-12-3-5-31(38)30-4-2-13-37(30)23-26-18-25(19-28(20-26)36-14-16-39-17-15-36)21-32-33-11-10-29(34-32)27-8-6-24(22-35)7-9-27/h6-11,18-20,30H,2-5,12-17,21-23H2,1H3/t30-/m0/s1. The molecule has 2 fully saturated rings. The molecule has 2 aromatic carbocycles. The predicted octanol–water partition coefficient (Wildman–Crippen LogP) is 4.33. The smallest absolute Gasteiger partial charge is 0.150 e. The third-order valence-electron chi connectivity index (χ3n) is 8.27. The molecule has 1 aromatic heterocycles. The Labute approximate surface area is 231 Å². The number of hydrogen-bond acceptors (Lipinski definition) is 7. The van der Waals surface area contributed by atoms with Crippen molar-refractivity contribution in [2.24, 2.45) is 0 Å². The Morgan fingerprint density at radius 3 is 2.54 bits per heavy atom. The van der Waals surface area contributed by atoms with Crippen LogP contribution in [0.2, 0.25) is 0 Å². The fraction of sp³-hybridized carbons (Fsp3) is 0.469. The van der Waals surface area contributed by atoms with E-state index in [0.717, 1.165) is 88.8 Å². The lowest BCUT2D eigenvalue weighted by Gasteiger charge is -2.30. The molecule has 204 valence electrons. The van der Waals surface area contributed by atoms with Gasteiger partial charge in [0.1, 0.15) is 11.6 Å². The van der Waals surface area contributed by atoms with Crippen LogP contribution in [-0.4, -0.2) is 78.0 Å². The number of fused-ring (bicyclic) bond motifs is 7. The molecule has 4 aliphatic rings. The molecule has 7 heteroatoms. The van der Waals surface area contributed by atoms with Gasteiger partial charge < -0.3 is 14.5 Å². The largest absolute Gasteiger partial charge is 0.378 e. The molecule has 0 saturated carbocycles. The van der Waals surface area contributed by atoms with Crippen LogP contribution in [0.15, 0.2) is 54.7 Å². The molecule has 5 heterocycles. The van der Waals surface area contributed by atoms with Crippen molar-refractivity contribution in [2.75, 3.05) is 51.3 Å². The van der Waals surface area contributed by atoms with Gasteiger partial charge in [-0.2, -0.15) is 0 Å². The fourth-order valence-electron chi connectivity index (χ4n) is 6.24. The Balaban J connectivity index is 1.35. The number of carbonyl (C=O) groups excluding carboxylic acids is 1. The number of morpholine rings is 1. The maximum atomic E-state index is 13.3. The van der Waals surface area contributed by atoms with Gasteiger partial charge in [-0.25, -0.2) is 9.97 Å². The van der Waals surface area contributed by atoms with Crippen molar-refractivity contribution in [2.45, 2.75) is 51.2 Å². The molecule has 39 heavy (non-hydrogen) atoms. The number of hydrogen-bond donors (Lipinski definition) is 0. The molecule has 0 radical (unpaired) electrons. The highest BCUT2D eigenvalue weighted by Gasteiger charge is 2.30. The molecule has 0 N–H and O–H groups in total.